The van der Waals surface area contributed by atoms with Crippen LogP contribution >= 0.6 is 0 Å². The lowest BCUT2D eigenvalue weighted by Crippen LogP contribution is -2.39. The minimum absolute atomic E-state index is 0.0980. The number of likely N-dealkylation sites (N-methyl/N-ethyl adjacent to an activating group) is 2. The lowest BCUT2D eigenvalue weighted by atomic mass is 10.4. The van der Waals surface area contributed by atoms with Gasteiger partial charge >= 0.3 is 5.82 Å². The summed E-state index contributed by atoms with van der Waals surface area (Å²) in [6.07, 6.45) is 1.25. The Balaban J connectivity index is 2.61. The zero-order valence-electron chi connectivity index (χ0n) is 11.0. The van der Waals surface area contributed by atoms with E-state index >= 15 is 0 Å². The zero-order chi connectivity index (χ0) is 15.1. The van der Waals surface area contributed by atoms with Gasteiger partial charge in [-0.2, -0.15) is 0 Å². The number of carbonyl (C=O) groups is 2. The van der Waals surface area contributed by atoms with Crippen LogP contribution < -0.4 is 10.1 Å². The first-order valence-electron chi connectivity index (χ1n) is 5.62. The highest BCUT2D eigenvalue weighted by Gasteiger charge is 2.18. The molecule has 0 fully saturated rings. The molecule has 0 radical (unpaired) electrons. The van der Waals surface area contributed by atoms with Gasteiger partial charge in [0, 0.05) is 14.1 Å². The number of hydrogen-bond acceptors (Lipinski definition) is 6. The van der Waals surface area contributed by atoms with Crippen molar-refractivity contribution in [2.24, 2.45) is 0 Å². The molecule has 20 heavy (non-hydrogen) atoms. The monoisotopic (exact) mass is 282 g/mol. The van der Waals surface area contributed by atoms with Gasteiger partial charge in [0.15, 0.2) is 6.61 Å². The van der Waals surface area contributed by atoms with Crippen molar-refractivity contribution in [3.63, 3.8) is 0 Å². The standard InChI is InChI=1S/C11H14N4O5/c1-12-9(16)6-14(2)10(17)7-20-8-4-3-5-13-11(8)15(18)19/h3-5H,6-7H2,1-2H3,(H,12,16). The van der Waals surface area contributed by atoms with E-state index in [9.17, 15) is 19.7 Å². The first kappa shape index (κ1) is 15.3. The predicted molar refractivity (Wildman–Crippen MR) is 68.1 cm³/mol. The van der Waals surface area contributed by atoms with Gasteiger partial charge < -0.3 is 25.1 Å². The van der Waals surface area contributed by atoms with Crippen LogP contribution in [-0.4, -0.2) is 53.9 Å². The average molecular weight is 282 g/mol. The number of nitrogens with zero attached hydrogens (tertiary/aromatic N) is 3. The molecular weight excluding hydrogens is 268 g/mol. The number of hydrogen-bond donors (Lipinski definition) is 1. The Morgan fingerprint density at radius 3 is 2.85 bits per heavy atom. The minimum Gasteiger partial charge on any atom is -0.476 e. The summed E-state index contributed by atoms with van der Waals surface area (Å²) in [5.41, 5.74) is 0. The maximum atomic E-state index is 11.7. The second kappa shape index (κ2) is 7.02. The highest BCUT2D eigenvalue weighted by Crippen LogP contribution is 2.22. The van der Waals surface area contributed by atoms with Crippen molar-refractivity contribution < 1.29 is 19.2 Å². The number of nitro groups is 1. The first-order valence-corrected chi connectivity index (χ1v) is 5.62. The van der Waals surface area contributed by atoms with Crippen molar-refractivity contribution in [2.45, 2.75) is 0 Å². The van der Waals surface area contributed by atoms with E-state index in [1.807, 2.05) is 0 Å². The van der Waals surface area contributed by atoms with Crippen molar-refractivity contribution in [3.8, 4) is 5.75 Å². The highest BCUT2D eigenvalue weighted by molar-refractivity contribution is 5.85. The van der Waals surface area contributed by atoms with Crippen LogP contribution in [0.3, 0.4) is 0 Å². The summed E-state index contributed by atoms with van der Waals surface area (Å²) in [5.74, 6) is -1.37. The van der Waals surface area contributed by atoms with Gasteiger partial charge in [-0.1, -0.05) is 0 Å². The van der Waals surface area contributed by atoms with Crippen molar-refractivity contribution in [2.75, 3.05) is 27.2 Å². The number of aromatic nitrogens is 1. The van der Waals surface area contributed by atoms with Crippen LogP contribution in [-0.2, 0) is 9.59 Å². The molecule has 0 saturated carbocycles. The van der Waals surface area contributed by atoms with Gasteiger partial charge in [0.05, 0.1) is 6.54 Å². The SMILES string of the molecule is CNC(=O)CN(C)C(=O)COc1cccnc1[N+](=O)[O-]. The third-order valence-electron chi connectivity index (χ3n) is 2.36. The maximum Gasteiger partial charge on any atom is 0.406 e. The Kier molecular flexibility index (Phi) is 5.39. The molecule has 0 aliphatic carbocycles. The lowest BCUT2D eigenvalue weighted by Gasteiger charge is -2.16. The third-order valence-corrected chi connectivity index (χ3v) is 2.36. The second-order valence-corrected chi connectivity index (χ2v) is 3.79. The van der Waals surface area contributed by atoms with Crippen LogP contribution in [0.4, 0.5) is 5.82 Å². The van der Waals surface area contributed by atoms with Gasteiger partial charge in [-0.3, -0.25) is 9.59 Å². The Bertz CT molecular complexity index is 519. The normalized spacial score (nSPS) is 9.70. The van der Waals surface area contributed by atoms with E-state index < -0.39 is 23.3 Å². The maximum absolute atomic E-state index is 11.7. The number of nitrogens with one attached hydrogen (secondary N) is 1. The Hall–Kier alpha value is -2.71. The largest absolute Gasteiger partial charge is 0.476 e. The van der Waals surface area contributed by atoms with Crippen LogP contribution in [0.5, 0.6) is 5.75 Å². The summed E-state index contributed by atoms with van der Waals surface area (Å²) in [6, 6.07) is 2.80. The molecule has 1 heterocycles. The average Bonchev–Trinajstić information content (AvgIpc) is 2.44. The summed E-state index contributed by atoms with van der Waals surface area (Å²) in [4.78, 5) is 37.5. The van der Waals surface area contributed by atoms with Gasteiger partial charge in [-0.05, 0) is 22.0 Å². The molecule has 0 aliphatic rings. The van der Waals surface area contributed by atoms with E-state index in [0.29, 0.717) is 0 Å². The van der Waals surface area contributed by atoms with Crippen LogP contribution in [0.25, 0.3) is 0 Å². The summed E-state index contributed by atoms with van der Waals surface area (Å²) in [6.45, 7) is -0.534. The molecule has 2 amide bonds. The van der Waals surface area contributed by atoms with E-state index in [0.717, 1.165) is 4.90 Å². The Morgan fingerprint density at radius 2 is 2.25 bits per heavy atom. The van der Waals surface area contributed by atoms with Crippen molar-refractivity contribution in [3.05, 3.63) is 28.4 Å². The minimum atomic E-state index is -0.700. The molecule has 9 heteroatoms. The molecule has 1 aromatic heterocycles. The highest BCUT2D eigenvalue weighted by atomic mass is 16.6. The van der Waals surface area contributed by atoms with Gasteiger partial charge in [-0.15, -0.1) is 0 Å². The number of rotatable bonds is 6. The lowest BCUT2D eigenvalue weighted by molar-refractivity contribution is -0.390. The molecule has 9 nitrogen and oxygen atoms in total. The van der Waals surface area contributed by atoms with Crippen LogP contribution in [0.2, 0.25) is 0 Å². The molecule has 0 unspecified atom stereocenters. The van der Waals surface area contributed by atoms with E-state index in [2.05, 4.69) is 10.3 Å². The molecule has 1 N–H and O–H groups in total. The van der Waals surface area contributed by atoms with E-state index in [-0.39, 0.29) is 18.2 Å². The van der Waals surface area contributed by atoms with Gasteiger partial charge in [0.1, 0.15) is 6.20 Å². The van der Waals surface area contributed by atoms with Crippen molar-refractivity contribution in [1.82, 2.24) is 15.2 Å². The quantitative estimate of drug-likeness (QED) is 0.559. The fourth-order valence-electron chi connectivity index (χ4n) is 1.26. The van der Waals surface area contributed by atoms with Crippen molar-refractivity contribution >= 4 is 17.6 Å². The van der Waals surface area contributed by atoms with E-state index in [1.54, 1.807) is 0 Å². The molecule has 0 aliphatic heterocycles. The Labute approximate surface area is 114 Å². The Morgan fingerprint density at radius 1 is 1.55 bits per heavy atom. The number of pyridine rings is 1. The molecule has 0 bridgehead atoms. The molecule has 0 atom stereocenters. The molecule has 108 valence electrons. The fraction of sp³-hybridized carbons (Fsp3) is 0.364. The molecular formula is C11H14N4O5. The van der Waals surface area contributed by atoms with Gasteiger partial charge in [-0.25, -0.2) is 0 Å². The number of amides is 2. The number of ether oxygens (including phenoxy) is 1. The summed E-state index contributed by atoms with van der Waals surface area (Å²) in [7, 11) is 2.88. The summed E-state index contributed by atoms with van der Waals surface area (Å²) < 4.78 is 5.07. The van der Waals surface area contributed by atoms with Crippen LogP contribution in [0.15, 0.2) is 18.3 Å². The first-order chi connectivity index (χ1) is 9.45. The van der Waals surface area contributed by atoms with Crippen molar-refractivity contribution in [1.29, 1.82) is 0 Å². The van der Waals surface area contributed by atoms with Gasteiger partial charge in [0.25, 0.3) is 5.91 Å². The fourth-order valence-corrected chi connectivity index (χ4v) is 1.26. The van der Waals surface area contributed by atoms with Crippen LogP contribution in [0, 0.1) is 10.1 Å². The molecule has 1 rings (SSSR count). The molecule has 0 spiro atoms. The second-order valence-electron chi connectivity index (χ2n) is 3.79. The smallest absolute Gasteiger partial charge is 0.406 e. The van der Waals surface area contributed by atoms with Gasteiger partial charge in [0.2, 0.25) is 11.7 Å². The summed E-state index contributed by atoms with van der Waals surface area (Å²) >= 11 is 0. The topological polar surface area (TPSA) is 115 Å². The summed E-state index contributed by atoms with van der Waals surface area (Å²) in [5, 5.41) is 13.1. The number of carbonyl (C=O) groups excluding carboxylic acids is 2. The molecule has 0 saturated heterocycles. The van der Waals surface area contributed by atoms with E-state index in [1.165, 1.54) is 32.4 Å². The third kappa shape index (κ3) is 4.19. The van der Waals surface area contributed by atoms with E-state index in [4.69, 9.17) is 4.74 Å². The zero-order valence-corrected chi connectivity index (χ0v) is 11.0. The van der Waals surface area contributed by atoms with Crippen LogP contribution in [0.1, 0.15) is 0 Å². The molecule has 1 aromatic rings. The predicted octanol–water partition coefficient (Wildman–Crippen LogP) is -0.427. The molecule has 0 aromatic carbocycles.